The smallest absolute Gasteiger partial charge is 0.243 e. The number of nitrogens with one attached hydrogen (secondary N) is 2. The molecule has 0 aliphatic rings. The molecule has 0 aliphatic heterocycles. The zero-order valence-corrected chi connectivity index (χ0v) is 17.1. The number of fused-ring (bicyclic) bond motifs is 1. The predicted octanol–water partition coefficient (Wildman–Crippen LogP) is 4.07. The van der Waals surface area contributed by atoms with Gasteiger partial charge in [-0.15, -0.1) is 11.3 Å². The number of carbonyl (C=O) groups is 2. The fourth-order valence-corrected chi connectivity index (χ4v) is 4.73. The quantitative estimate of drug-likeness (QED) is 0.613. The van der Waals surface area contributed by atoms with Crippen molar-refractivity contribution >= 4 is 50.8 Å². The van der Waals surface area contributed by atoms with Gasteiger partial charge in [0.05, 0.1) is 22.5 Å². The molecular formula is C20H21N3O2S2. The molecule has 5 nitrogen and oxygen atoms in total. The van der Waals surface area contributed by atoms with E-state index in [1.54, 1.807) is 11.3 Å². The van der Waals surface area contributed by atoms with Crippen LogP contribution in [0.3, 0.4) is 0 Å². The van der Waals surface area contributed by atoms with Crippen molar-refractivity contribution < 1.29 is 9.59 Å². The summed E-state index contributed by atoms with van der Waals surface area (Å²) in [5, 5.41) is 5.54. The Kier molecular flexibility index (Phi) is 6.13. The molecule has 0 bridgehead atoms. The minimum Gasteiger partial charge on any atom is -0.346 e. The van der Waals surface area contributed by atoms with Crippen molar-refractivity contribution in [2.24, 2.45) is 0 Å². The van der Waals surface area contributed by atoms with Crippen LogP contribution in [0.4, 0.5) is 5.69 Å². The molecule has 0 saturated carbocycles. The highest BCUT2D eigenvalue weighted by molar-refractivity contribution is 8.01. The van der Waals surface area contributed by atoms with Gasteiger partial charge >= 0.3 is 0 Å². The lowest BCUT2D eigenvalue weighted by Gasteiger charge is -2.13. The zero-order chi connectivity index (χ0) is 19.4. The molecular weight excluding hydrogens is 378 g/mol. The normalized spacial score (nSPS) is 10.8. The Morgan fingerprint density at radius 3 is 2.48 bits per heavy atom. The van der Waals surface area contributed by atoms with Gasteiger partial charge in [0.25, 0.3) is 0 Å². The molecule has 140 valence electrons. The van der Waals surface area contributed by atoms with E-state index in [2.05, 4.69) is 15.6 Å². The average Bonchev–Trinajstić information content (AvgIpc) is 3.04. The molecule has 7 heteroatoms. The lowest BCUT2D eigenvalue weighted by Crippen LogP contribution is -2.34. The van der Waals surface area contributed by atoms with Crippen LogP contribution in [0.2, 0.25) is 0 Å². The first-order valence-corrected chi connectivity index (χ1v) is 10.4. The van der Waals surface area contributed by atoms with Crippen LogP contribution in [0, 0.1) is 20.8 Å². The van der Waals surface area contributed by atoms with Crippen molar-refractivity contribution in [3.8, 4) is 0 Å². The van der Waals surface area contributed by atoms with Crippen LogP contribution in [0.5, 0.6) is 0 Å². The summed E-state index contributed by atoms with van der Waals surface area (Å²) < 4.78 is 1.95. The maximum Gasteiger partial charge on any atom is 0.243 e. The number of amides is 2. The number of para-hydroxylation sites is 1. The summed E-state index contributed by atoms with van der Waals surface area (Å²) in [7, 11) is 0. The summed E-state index contributed by atoms with van der Waals surface area (Å²) in [5.74, 6) is -0.189. The summed E-state index contributed by atoms with van der Waals surface area (Å²) >= 11 is 2.94. The largest absolute Gasteiger partial charge is 0.346 e. The Balaban J connectivity index is 1.48. The summed E-state index contributed by atoms with van der Waals surface area (Å²) in [4.78, 5) is 28.7. The summed E-state index contributed by atoms with van der Waals surface area (Å²) in [5.41, 5.74) is 4.93. The van der Waals surface area contributed by atoms with Gasteiger partial charge in [0.2, 0.25) is 11.8 Å². The molecule has 0 saturated heterocycles. The first kappa shape index (κ1) is 19.4. The van der Waals surface area contributed by atoms with Gasteiger partial charge in [-0.05, 0) is 44.0 Å². The molecule has 3 rings (SSSR count). The van der Waals surface area contributed by atoms with Gasteiger partial charge in [0.15, 0.2) is 4.34 Å². The Hall–Kier alpha value is -2.38. The number of thiazole rings is 1. The van der Waals surface area contributed by atoms with Gasteiger partial charge < -0.3 is 10.6 Å². The van der Waals surface area contributed by atoms with Crippen LogP contribution in [-0.4, -0.2) is 29.1 Å². The van der Waals surface area contributed by atoms with Crippen LogP contribution >= 0.6 is 23.1 Å². The van der Waals surface area contributed by atoms with Crippen molar-refractivity contribution in [2.45, 2.75) is 25.1 Å². The number of anilines is 1. The number of nitrogens with zero attached hydrogens (tertiary/aromatic N) is 1. The fraction of sp³-hybridized carbons (Fsp3) is 0.250. The van der Waals surface area contributed by atoms with Gasteiger partial charge in [0, 0.05) is 5.69 Å². The molecule has 0 atom stereocenters. The first-order chi connectivity index (χ1) is 12.9. The highest BCUT2D eigenvalue weighted by atomic mass is 32.2. The minimum atomic E-state index is -0.233. The molecule has 1 heterocycles. The summed E-state index contributed by atoms with van der Waals surface area (Å²) in [6, 6.07) is 11.9. The molecule has 2 amide bonds. The van der Waals surface area contributed by atoms with Gasteiger partial charge in [-0.3, -0.25) is 9.59 Å². The molecule has 1 aromatic heterocycles. The SMILES string of the molecule is Cc1cc(C)c(NC(=O)CNC(=O)CSc2nc3ccccc3s2)c(C)c1. The molecule has 2 aromatic carbocycles. The number of aromatic nitrogens is 1. The van der Waals surface area contributed by atoms with Crippen molar-refractivity contribution in [3.05, 3.63) is 53.1 Å². The van der Waals surface area contributed by atoms with E-state index >= 15 is 0 Å². The van der Waals surface area contributed by atoms with Gasteiger partial charge in [0.1, 0.15) is 0 Å². The lowest BCUT2D eigenvalue weighted by atomic mass is 10.1. The van der Waals surface area contributed by atoms with Crippen molar-refractivity contribution in [1.82, 2.24) is 10.3 Å². The predicted molar refractivity (Wildman–Crippen MR) is 113 cm³/mol. The van der Waals surface area contributed by atoms with Crippen molar-refractivity contribution in [3.63, 3.8) is 0 Å². The maximum absolute atomic E-state index is 12.2. The minimum absolute atomic E-state index is 0.0496. The highest BCUT2D eigenvalue weighted by Crippen LogP contribution is 2.29. The number of benzene rings is 2. The van der Waals surface area contributed by atoms with Crippen LogP contribution in [0.15, 0.2) is 40.7 Å². The number of aryl methyl sites for hydroxylation is 3. The molecule has 3 aromatic rings. The van der Waals surface area contributed by atoms with E-state index in [0.29, 0.717) is 0 Å². The van der Waals surface area contributed by atoms with E-state index in [9.17, 15) is 9.59 Å². The van der Waals surface area contributed by atoms with Crippen molar-refractivity contribution in [1.29, 1.82) is 0 Å². The second-order valence-corrected chi connectivity index (χ2v) is 8.59. The standard InChI is InChI=1S/C20H21N3O2S2/c1-12-8-13(2)19(14(3)9-12)23-17(24)10-21-18(25)11-26-20-22-15-6-4-5-7-16(15)27-20/h4-9H,10-11H2,1-3H3,(H,21,25)(H,23,24). The van der Waals surface area contributed by atoms with Crippen LogP contribution in [-0.2, 0) is 9.59 Å². The Bertz CT molecular complexity index is 942. The van der Waals surface area contributed by atoms with E-state index in [-0.39, 0.29) is 24.1 Å². The summed E-state index contributed by atoms with van der Waals surface area (Å²) in [6.45, 7) is 5.90. The first-order valence-electron chi connectivity index (χ1n) is 8.55. The van der Waals surface area contributed by atoms with Crippen LogP contribution < -0.4 is 10.6 Å². The number of thioether (sulfide) groups is 1. The van der Waals surface area contributed by atoms with E-state index in [4.69, 9.17) is 0 Å². The van der Waals surface area contributed by atoms with E-state index < -0.39 is 0 Å². The average molecular weight is 400 g/mol. The third kappa shape index (κ3) is 5.08. The van der Waals surface area contributed by atoms with E-state index in [1.165, 1.54) is 11.8 Å². The Morgan fingerprint density at radius 1 is 1.07 bits per heavy atom. The van der Waals surface area contributed by atoms with Crippen molar-refractivity contribution in [2.75, 3.05) is 17.6 Å². The molecule has 2 N–H and O–H groups in total. The molecule has 0 radical (unpaired) electrons. The number of hydrogen-bond acceptors (Lipinski definition) is 5. The second-order valence-electron chi connectivity index (χ2n) is 6.33. The highest BCUT2D eigenvalue weighted by Gasteiger charge is 2.11. The van der Waals surface area contributed by atoms with Gasteiger partial charge in [-0.1, -0.05) is 41.6 Å². The number of rotatable bonds is 6. The monoisotopic (exact) mass is 399 g/mol. The third-order valence-electron chi connectivity index (χ3n) is 3.99. The van der Waals surface area contributed by atoms with Crippen LogP contribution in [0.25, 0.3) is 10.2 Å². The molecule has 0 unspecified atom stereocenters. The Labute approximate surface area is 166 Å². The Morgan fingerprint density at radius 2 is 1.78 bits per heavy atom. The van der Waals surface area contributed by atoms with Crippen LogP contribution in [0.1, 0.15) is 16.7 Å². The van der Waals surface area contributed by atoms with Gasteiger partial charge in [-0.25, -0.2) is 4.98 Å². The molecule has 0 spiro atoms. The third-order valence-corrected chi connectivity index (χ3v) is 6.17. The number of carbonyl (C=O) groups excluding carboxylic acids is 2. The molecule has 0 aliphatic carbocycles. The second kappa shape index (κ2) is 8.54. The lowest BCUT2D eigenvalue weighted by molar-refractivity contribution is -0.122. The molecule has 0 fully saturated rings. The zero-order valence-electron chi connectivity index (χ0n) is 15.5. The maximum atomic E-state index is 12.2. The summed E-state index contributed by atoms with van der Waals surface area (Å²) in [6.07, 6.45) is 0. The number of hydrogen-bond donors (Lipinski definition) is 2. The van der Waals surface area contributed by atoms with Gasteiger partial charge in [-0.2, -0.15) is 0 Å². The fourth-order valence-electron chi connectivity index (χ4n) is 2.83. The van der Waals surface area contributed by atoms with E-state index in [1.807, 2.05) is 57.2 Å². The molecule has 27 heavy (non-hydrogen) atoms. The topological polar surface area (TPSA) is 71.1 Å². The van der Waals surface area contributed by atoms with E-state index in [0.717, 1.165) is 36.9 Å².